The number of halogens is 1. The van der Waals surface area contributed by atoms with Crippen LogP contribution in [0.2, 0.25) is 0 Å². The molecule has 2 aromatic carbocycles. The Balaban J connectivity index is 1.25. The summed E-state index contributed by atoms with van der Waals surface area (Å²) in [5, 5.41) is 0. The van der Waals surface area contributed by atoms with Crippen molar-refractivity contribution in [2.24, 2.45) is 0 Å². The van der Waals surface area contributed by atoms with E-state index in [9.17, 15) is 9.18 Å². The van der Waals surface area contributed by atoms with Gasteiger partial charge in [0.05, 0.1) is 0 Å². The Morgan fingerprint density at radius 3 is 2.59 bits per heavy atom. The maximum atomic E-state index is 13.0. The minimum absolute atomic E-state index is 0.162. The van der Waals surface area contributed by atoms with Crippen LogP contribution in [0.1, 0.15) is 30.4 Å². The van der Waals surface area contributed by atoms with Crippen molar-refractivity contribution in [2.75, 3.05) is 19.6 Å². The van der Waals surface area contributed by atoms with Crippen LogP contribution < -0.4 is 15.0 Å². The topological polar surface area (TPSA) is 43.7 Å². The monoisotopic (exact) mass is 434 g/mol. The second-order valence-corrected chi connectivity index (χ2v) is 8.58. The molecule has 2 aliphatic rings. The molecule has 5 nitrogen and oxygen atoms in total. The van der Waals surface area contributed by atoms with Gasteiger partial charge in [0.1, 0.15) is 30.0 Å². The lowest BCUT2D eigenvalue weighted by atomic mass is 10.1. The van der Waals surface area contributed by atoms with Crippen LogP contribution in [0.3, 0.4) is 0 Å². The SMILES string of the molecule is O=c1cc(OCc2ccc(F)cc2)ccn1-c1ccc2c(c1)CC(CN1CCCCC1)O2. The van der Waals surface area contributed by atoms with Crippen LogP contribution in [0.5, 0.6) is 11.5 Å². The smallest absolute Gasteiger partial charge is 0.258 e. The predicted molar refractivity (Wildman–Crippen MR) is 121 cm³/mol. The number of hydrogen-bond donors (Lipinski definition) is 0. The molecule has 5 rings (SSSR count). The first-order chi connectivity index (χ1) is 15.6. The van der Waals surface area contributed by atoms with E-state index >= 15 is 0 Å². The fraction of sp³-hybridized carbons (Fsp3) is 0.346. The molecule has 0 saturated carbocycles. The third kappa shape index (κ3) is 4.70. The molecule has 3 aromatic rings. The van der Waals surface area contributed by atoms with E-state index in [1.54, 1.807) is 29.0 Å². The highest BCUT2D eigenvalue weighted by atomic mass is 19.1. The van der Waals surface area contributed by atoms with Crippen LogP contribution in [0.4, 0.5) is 4.39 Å². The number of benzene rings is 2. The molecule has 32 heavy (non-hydrogen) atoms. The molecular weight excluding hydrogens is 407 g/mol. The van der Waals surface area contributed by atoms with Crippen molar-refractivity contribution in [2.45, 2.75) is 38.4 Å². The zero-order valence-corrected chi connectivity index (χ0v) is 18.0. The summed E-state index contributed by atoms with van der Waals surface area (Å²) >= 11 is 0. The Morgan fingerprint density at radius 2 is 1.81 bits per heavy atom. The largest absolute Gasteiger partial charge is 0.489 e. The van der Waals surface area contributed by atoms with E-state index < -0.39 is 0 Å². The highest BCUT2D eigenvalue weighted by Crippen LogP contribution is 2.31. The minimum Gasteiger partial charge on any atom is -0.489 e. The van der Waals surface area contributed by atoms with Gasteiger partial charge in [0.2, 0.25) is 0 Å². The van der Waals surface area contributed by atoms with Crippen LogP contribution in [0.15, 0.2) is 65.6 Å². The van der Waals surface area contributed by atoms with Crippen LogP contribution in [0, 0.1) is 5.82 Å². The fourth-order valence-electron chi connectivity index (χ4n) is 4.50. The third-order valence-electron chi connectivity index (χ3n) is 6.18. The average Bonchev–Trinajstić information content (AvgIpc) is 3.21. The zero-order chi connectivity index (χ0) is 21.9. The number of rotatable bonds is 6. The number of piperidine rings is 1. The van der Waals surface area contributed by atoms with E-state index in [1.807, 2.05) is 18.2 Å². The van der Waals surface area contributed by atoms with Crippen molar-refractivity contribution in [3.05, 3.63) is 88.1 Å². The summed E-state index contributed by atoms with van der Waals surface area (Å²) in [5.74, 6) is 1.12. The summed E-state index contributed by atoms with van der Waals surface area (Å²) in [6.45, 7) is 3.56. The molecule has 0 radical (unpaired) electrons. The van der Waals surface area contributed by atoms with E-state index in [-0.39, 0.29) is 24.1 Å². The zero-order valence-electron chi connectivity index (χ0n) is 18.0. The first-order valence-electron chi connectivity index (χ1n) is 11.3. The van der Waals surface area contributed by atoms with Gasteiger partial charge in [-0.25, -0.2) is 4.39 Å². The van der Waals surface area contributed by atoms with Crippen LogP contribution >= 0.6 is 0 Å². The molecule has 6 heteroatoms. The average molecular weight is 435 g/mol. The first-order valence-corrected chi connectivity index (χ1v) is 11.3. The summed E-state index contributed by atoms with van der Waals surface area (Å²) < 4.78 is 26.5. The van der Waals surface area contributed by atoms with Gasteiger partial charge in [0.15, 0.2) is 0 Å². The lowest BCUT2D eigenvalue weighted by molar-refractivity contribution is 0.134. The standard InChI is InChI=1S/C26H27FN2O3/c27-21-6-4-19(5-7-21)18-31-23-10-13-29(26(30)16-23)22-8-9-25-20(14-22)15-24(32-25)17-28-11-2-1-3-12-28/h4-10,13-14,16,24H,1-3,11-12,15,17-18H2. The number of ether oxygens (including phenoxy) is 2. The molecule has 166 valence electrons. The second kappa shape index (κ2) is 9.17. The lowest BCUT2D eigenvalue weighted by Crippen LogP contribution is -2.38. The quantitative estimate of drug-likeness (QED) is 0.579. The normalized spacial score (nSPS) is 18.2. The predicted octanol–water partition coefficient (Wildman–Crippen LogP) is 4.35. The number of aromatic nitrogens is 1. The summed E-state index contributed by atoms with van der Waals surface area (Å²) in [5.41, 5.74) is 2.65. The van der Waals surface area contributed by atoms with Gasteiger partial charge in [-0.05, 0) is 73.5 Å². The highest BCUT2D eigenvalue weighted by Gasteiger charge is 2.26. The van der Waals surface area contributed by atoms with Crippen molar-refractivity contribution in [3.8, 4) is 17.2 Å². The molecular formula is C26H27FN2O3. The van der Waals surface area contributed by atoms with Crippen LogP contribution in [-0.4, -0.2) is 35.2 Å². The van der Waals surface area contributed by atoms with Crippen molar-refractivity contribution < 1.29 is 13.9 Å². The molecule has 1 saturated heterocycles. The van der Waals surface area contributed by atoms with Gasteiger partial charge in [-0.2, -0.15) is 0 Å². The molecule has 0 amide bonds. The molecule has 1 fully saturated rings. The summed E-state index contributed by atoms with van der Waals surface area (Å²) in [6, 6.07) is 15.3. The first kappa shape index (κ1) is 20.8. The van der Waals surface area contributed by atoms with E-state index in [0.717, 1.165) is 48.6 Å². The lowest BCUT2D eigenvalue weighted by Gasteiger charge is -2.28. The van der Waals surface area contributed by atoms with Gasteiger partial charge in [-0.1, -0.05) is 18.6 Å². The highest BCUT2D eigenvalue weighted by molar-refractivity contribution is 5.47. The minimum atomic E-state index is -0.283. The maximum Gasteiger partial charge on any atom is 0.258 e. The molecule has 0 aliphatic carbocycles. The number of likely N-dealkylation sites (tertiary alicyclic amines) is 1. The Hall–Kier alpha value is -3.12. The maximum absolute atomic E-state index is 13.0. The number of hydrogen-bond acceptors (Lipinski definition) is 4. The molecule has 1 unspecified atom stereocenters. The van der Waals surface area contributed by atoms with Gasteiger partial charge >= 0.3 is 0 Å². The van der Waals surface area contributed by atoms with Gasteiger partial charge < -0.3 is 9.47 Å². The summed E-state index contributed by atoms with van der Waals surface area (Å²) in [7, 11) is 0. The van der Waals surface area contributed by atoms with Crippen molar-refractivity contribution in [1.82, 2.24) is 9.47 Å². The van der Waals surface area contributed by atoms with Gasteiger partial charge in [0.25, 0.3) is 5.56 Å². The molecule has 3 heterocycles. The van der Waals surface area contributed by atoms with Gasteiger partial charge in [0, 0.05) is 30.9 Å². The molecule has 0 spiro atoms. The number of nitrogens with zero attached hydrogens (tertiary/aromatic N) is 2. The Kier molecular flexibility index (Phi) is 5.95. The van der Waals surface area contributed by atoms with Gasteiger partial charge in [-0.3, -0.25) is 14.3 Å². The molecule has 1 aromatic heterocycles. The molecule has 0 bridgehead atoms. The molecule has 1 atom stereocenters. The second-order valence-electron chi connectivity index (χ2n) is 8.58. The Morgan fingerprint density at radius 1 is 1.00 bits per heavy atom. The summed E-state index contributed by atoms with van der Waals surface area (Å²) in [6.07, 6.45) is 6.65. The van der Waals surface area contributed by atoms with E-state index in [2.05, 4.69) is 4.90 Å². The Labute approximate surface area is 187 Å². The third-order valence-corrected chi connectivity index (χ3v) is 6.18. The van der Waals surface area contributed by atoms with Crippen LogP contribution in [-0.2, 0) is 13.0 Å². The van der Waals surface area contributed by atoms with Crippen molar-refractivity contribution in [3.63, 3.8) is 0 Å². The van der Waals surface area contributed by atoms with E-state index in [1.165, 1.54) is 37.5 Å². The number of pyridine rings is 1. The summed E-state index contributed by atoms with van der Waals surface area (Å²) in [4.78, 5) is 15.2. The van der Waals surface area contributed by atoms with Crippen molar-refractivity contribution in [1.29, 1.82) is 0 Å². The van der Waals surface area contributed by atoms with Crippen LogP contribution in [0.25, 0.3) is 5.69 Å². The fourth-order valence-corrected chi connectivity index (χ4v) is 4.50. The molecule has 2 aliphatic heterocycles. The van der Waals surface area contributed by atoms with Gasteiger partial charge in [-0.15, -0.1) is 0 Å². The number of fused-ring (bicyclic) bond motifs is 1. The van der Waals surface area contributed by atoms with E-state index in [4.69, 9.17) is 9.47 Å². The van der Waals surface area contributed by atoms with E-state index in [0.29, 0.717) is 5.75 Å². The molecule has 0 N–H and O–H groups in total. The van der Waals surface area contributed by atoms with Crippen molar-refractivity contribution >= 4 is 0 Å². The Bertz CT molecular complexity index is 1140.